The van der Waals surface area contributed by atoms with Gasteiger partial charge in [0.1, 0.15) is 5.82 Å². The van der Waals surface area contributed by atoms with Gasteiger partial charge in [0.15, 0.2) is 0 Å². The summed E-state index contributed by atoms with van der Waals surface area (Å²) in [6.45, 7) is 3.57. The van der Waals surface area contributed by atoms with Crippen LogP contribution in [0.1, 0.15) is 31.7 Å². The fourth-order valence-corrected chi connectivity index (χ4v) is 2.84. The summed E-state index contributed by atoms with van der Waals surface area (Å²) in [5, 5.41) is 0.0978. The number of halogens is 2. The van der Waals surface area contributed by atoms with Gasteiger partial charge in [-0.05, 0) is 36.6 Å². The summed E-state index contributed by atoms with van der Waals surface area (Å²) in [6.07, 6.45) is 4.68. The molecule has 0 spiro atoms. The Hall–Kier alpha value is -1.93. The first-order chi connectivity index (χ1) is 12.7. The zero-order valence-electron chi connectivity index (χ0n) is 14.7. The topological polar surface area (TPSA) is 31.4 Å². The molecule has 1 fully saturated rings. The minimum Gasteiger partial charge on any atom is -0.342 e. The summed E-state index contributed by atoms with van der Waals surface area (Å²) >= 11 is 5.70. The van der Waals surface area contributed by atoms with Gasteiger partial charge in [-0.1, -0.05) is 43.4 Å². The first-order valence-corrected chi connectivity index (χ1v) is 9.19. The zero-order valence-corrected chi connectivity index (χ0v) is 15.4. The van der Waals surface area contributed by atoms with Crippen molar-refractivity contribution in [2.45, 2.75) is 32.5 Å². The largest absolute Gasteiger partial charge is 0.342 e. The van der Waals surface area contributed by atoms with Crippen LogP contribution in [-0.4, -0.2) is 24.5 Å². The van der Waals surface area contributed by atoms with Gasteiger partial charge in [0.2, 0.25) is 6.29 Å². The molecule has 1 aromatic carbocycles. The summed E-state index contributed by atoms with van der Waals surface area (Å²) in [7, 11) is 0. The van der Waals surface area contributed by atoms with Gasteiger partial charge in [0.05, 0.1) is 23.9 Å². The number of benzene rings is 1. The van der Waals surface area contributed by atoms with Crippen molar-refractivity contribution in [2.24, 2.45) is 5.92 Å². The van der Waals surface area contributed by atoms with Crippen molar-refractivity contribution < 1.29 is 13.9 Å². The van der Waals surface area contributed by atoms with Crippen molar-refractivity contribution in [3.63, 3.8) is 0 Å². The Morgan fingerprint density at radius 3 is 2.69 bits per heavy atom. The van der Waals surface area contributed by atoms with Crippen LogP contribution < -0.4 is 0 Å². The lowest BCUT2D eigenvalue weighted by Crippen LogP contribution is -2.31. The Bertz CT molecular complexity index is 790. The molecular weight excluding hydrogens is 353 g/mol. The van der Waals surface area contributed by atoms with Crippen LogP contribution in [-0.2, 0) is 9.47 Å². The number of hydrogen-bond donors (Lipinski definition) is 0. The van der Waals surface area contributed by atoms with E-state index >= 15 is 0 Å². The minimum atomic E-state index is -0.488. The van der Waals surface area contributed by atoms with Crippen LogP contribution in [0.5, 0.6) is 0 Å². The summed E-state index contributed by atoms with van der Waals surface area (Å²) < 4.78 is 24.9. The van der Waals surface area contributed by atoms with Crippen LogP contribution in [0.2, 0.25) is 5.02 Å². The molecule has 0 radical (unpaired) electrons. The minimum absolute atomic E-state index is 0.0978. The fourth-order valence-electron chi connectivity index (χ4n) is 2.72. The Morgan fingerprint density at radius 2 is 2.04 bits per heavy atom. The Labute approximate surface area is 158 Å². The molecule has 0 atom stereocenters. The SMILES string of the molecule is CCCC[C@H]1CO[C@H](C#Cc2ccc(-c3ccc(Cl)c(F)c3)nc2)OC1. The van der Waals surface area contributed by atoms with Crippen LogP contribution in [0.15, 0.2) is 36.5 Å². The van der Waals surface area contributed by atoms with Crippen LogP contribution in [0.3, 0.4) is 0 Å². The van der Waals surface area contributed by atoms with E-state index in [4.69, 9.17) is 21.1 Å². The Kier molecular flexibility index (Phi) is 6.62. The number of rotatable bonds is 4. The highest BCUT2D eigenvalue weighted by Crippen LogP contribution is 2.23. The van der Waals surface area contributed by atoms with Gasteiger partial charge in [-0.25, -0.2) is 4.39 Å². The van der Waals surface area contributed by atoms with E-state index in [1.165, 1.54) is 25.0 Å². The second-order valence-corrected chi connectivity index (χ2v) is 6.74. The molecule has 2 heterocycles. The average molecular weight is 374 g/mol. The predicted octanol–water partition coefficient (Wildman–Crippen LogP) is 5.07. The molecule has 0 N–H and O–H groups in total. The second kappa shape index (κ2) is 9.14. The number of aromatic nitrogens is 1. The van der Waals surface area contributed by atoms with Crippen LogP contribution in [0, 0.1) is 23.6 Å². The van der Waals surface area contributed by atoms with Gasteiger partial charge >= 0.3 is 0 Å². The number of pyridine rings is 1. The van der Waals surface area contributed by atoms with Crippen molar-refractivity contribution >= 4 is 11.6 Å². The first-order valence-electron chi connectivity index (χ1n) is 8.82. The van der Waals surface area contributed by atoms with E-state index in [1.54, 1.807) is 18.3 Å². The highest BCUT2D eigenvalue weighted by atomic mass is 35.5. The molecule has 26 heavy (non-hydrogen) atoms. The lowest BCUT2D eigenvalue weighted by atomic mass is 10.0. The molecular formula is C21H21ClFNO2. The Balaban J connectivity index is 1.58. The summed E-state index contributed by atoms with van der Waals surface area (Å²) in [5.74, 6) is 6.00. The van der Waals surface area contributed by atoms with Crippen LogP contribution in [0.25, 0.3) is 11.3 Å². The second-order valence-electron chi connectivity index (χ2n) is 6.34. The normalized spacial score (nSPS) is 19.7. The molecule has 1 aromatic heterocycles. The monoisotopic (exact) mass is 373 g/mol. The van der Waals surface area contributed by atoms with E-state index in [-0.39, 0.29) is 5.02 Å². The molecule has 0 bridgehead atoms. The molecule has 5 heteroatoms. The first kappa shape index (κ1) is 18.8. The molecule has 1 aliphatic rings. The molecule has 1 aliphatic heterocycles. The van der Waals surface area contributed by atoms with Gasteiger partial charge in [-0.15, -0.1) is 0 Å². The van der Waals surface area contributed by atoms with Crippen molar-refractivity contribution in [3.05, 3.63) is 52.9 Å². The van der Waals surface area contributed by atoms with E-state index in [0.717, 1.165) is 12.0 Å². The smallest absolute Gasteiger partial charge is 0.222 e. The van der Waals surface area contributed by atoms with Gasteiger partial charge in [0.25, 0.3) is 0 Å². The van der Waals surface area contributed by atoms with Gasteiger partial charge in [-0.3, -0.25) is 4.98 Å². The van der Waals surface area contributed by atoms with E-state index in [0.29, 0.717) is 30.4 Å². The maximum atomic E-state index is 13.6. The van der Waals surface area contributed by atoms with E-state index in [2.05, 4.69) is 23.7 Å². The fraction of sp³-hybridized carbons (Fsp3) is 0.381. The maximum absolute atomic E-state index is 13.6. The molecule has 1 saturated heterocycles. The third kappa shape index (κ3) is 5.04. The van der Waals surface area contributed by atoms with Gasteiger partial charge < -0.3 is 9.47 Å². The predicted molar refractivity (Wildman–Crippen MR) is 100 cm³/mol. The molecule has 0 aliphatic carbocycles. The standard InChI is InChI=1S/C21H21ClFNO2/c1-2-3-4-16-13-25-21(26-14-16)10-6-15-5-9-20(24-12-15)17-7-8-18(22)19(23)11-17/h5,7-9,11-12,16,21H,2-4,13-14H2,1H3/t16-,21-. The number of ether oxygens (including phenoxy) is 2. The van der Waals surface area contributed by atoms with Gasteiger partial charge in [-0.2, -0.15) is 0 Å². The van der Waals surface area contributed by atoms with Gasteiger partial charge in [0, 0.05) is 23.2 Å². The summed E-state index contributed by atoms with van der Waals surface area (Å²) in [4.78, 5) is 4.34. The lowest BCUT2D eigenvalue weighted by Gasteiger charge is -2.26. The molecule has 3 rings (SSSR count). The van der Waals surface area contributed by atoms with Crippen LogP contribution in [0.4, 0.5) is 4.39 Å². The Morgan fingerprint density at radius 1 is 1.23 bits per heavy atom. The third-order valence-corrected chi connectivity index (χ3v) is 4.55. The van der Waals surface area contributed by atoms with E-state index < -0.39 is 12.1 Å². The summed E-state index contributed by atoms with van der Waals surface area (Å²) in [6, 6.07) is 8.27. The van der Waals surface area contributed by atoms with Crippen molar-refractivity contribution in [1.82, 2.24) is 4.98 Å². The third-order valence-electron chi connectivity index (χ3n) is 4.25. The molecule has 136 valence electrons. The van der Waals surface area contributed by atoms with Crippen LogP contribution >= 0.6 is 11.6 Å². The van der Waals surface area contributed by atoms with E-state index in [9.17, 15) is 4.39 Å². The maximum Gasteiger partial charge on any atom is 0.222 e. The molecule has 3 nitrogen and oxygen atoms in total. The number of nitrogens with zero attached hydrogens (tertiary/aromatic N) is 1. The number of hydrogen-bond acceptors (Lipinski definition) is 3. The summed E-state index contributed by atoms with van der Waals surface area (Å²) in [5.41, 5.74) is 2.09. The van der Waals surface area contributed by atoms with E-state index in [1.807, 2.05) is 6.07 Å². The highest BCUT2D eigenvalue weighted by Gasteiger charge is 2.20. The lowest BCUT2D eigenvalue weighted by molar-refractivity contribution is -0.170. The average Bonchev–Trinajstić information content (AvgIpc) is 2.68. The van der Waals surface area contributed by atoms with Crippen molar-refractivity contribution in [1.29, 1.82) is 0 Å². The molecule has 2 aromatic rings. The van der Waals surface area contributed by atoms with Crippen molar-refractivity contribution in [3.8, 4) is 23.1 Å². The van der Waals surface area contributed by atoms with Crippen molar-refractivity contribution in [2.75, 3.05) is 13.2 Å². The number of unbranched alkanes of at least 4 members (excludes halogenated alkanes) is 1. The molecule has 0 unspecified atom stereocenters. The quantitative estimate of drug-likeness (QED) is 0.701. The highest BCUT2D eigenvalue weighted by molar-refractivity contribution is 6.30. The zero-order chi connectivity index (χ0) is 18.4. The molecule has 0 amide bonds. The molecule has 0 saturated carbocycles.